The third kappa shape index (κ3) is 3.80. The van der Waals surface area contributed by atoms with E-state index in [2.05, 4.69) is 40.3 Å². The number of pyridine rings is 1. The van der Waals surface area contributed by atoms with Crippen LogP contribution in [-0.4, -0.2) is 18.1 Å². The molecule has 0 atom stereocenters. The van der Waals surface area contributed by atoms with Crippen molar-refractivity contribution < 1.29 is 0 Å². The van der Waals surface area contributed by atoms with Gasteiger partial charge in [0.1, 0.15) is 11.9 Å². The van der Waals surface area contributed by atoms with Crippen molar-refractivity contribution in [2.45, 2.75) is 26.3 Å². The number of hydrogen-bond acceptors (Lipinski definition) is 4. The molecule has 1 aliphatic heterocycles. The number of hydrogen-bond donors (Lipinski definition) is 1. The van der Waals surface area contributed by atoms with Crippen molar-refractivity contribution in [1.82, 2.24) is 4.98 Å². The van der Waals surface area contributed by atoms with Gasteiger partial charge < -0.3 is 10.2 Å². The van der Waals surface area contributed by atoms with E-state index in [0.29, 0.717) is 22.8 Å². The Morgan fingerprint density at radius 2 is 2.08 bits per heavy atom. The lowest BCUT2D eigenvalue weighted by Gasteiger charge is -2.31. The number of piperidine rings is 1. The molecule has 0 spiro atoms. The number of para-hydroxylation sites is 1. The minimum absolute atomic E-state index is 0.550. The quantitative estimate of drug-likeness (QED) is 0.893. The van der Waals surface area contributed by atoms with E-state index in [4.69, 9.17) is 11.6 Å². The first-order valence-electron chi connectivity index (χ1n) is 8.29. The molecular formula is C19H21ClN4. The smallest absolute Gasteiger partial charge is 0.128 e. The Kier molecular flexibility index (Phi) is 5.22. The van der Waals surface area contributed by atoms with Crippen LogP contribution < -0.4 is 10.2 Å². The highest BCUT2D eigenvalue weighted by Gasteiger charge is 2.16. The maximum Gasteiger partial charge on any atom is 0.128 e. The number of benzene rings is 1. The lowest BCUT2D eigenvalue weighted by molar-refractivity contribution is 0.436. The summed E-state index contributed by atoms with van der Waals surface area (Å²) in [6.45, 7) is 5.06. The van der Waals surface area contributed by atoms with Gasteiger partial charge in [-0.1, -0.05) is 30.7 Å². The standard InChI is InChI=1S/C19H21ClN4/c1-14-7-9-24(10-8-14)18-6-5-15(12-22-18)13-23-19-16(11-21)3-2-4-17(19)20/h2-6,12,14,23H,7-10,13H2,1H3. The van der Waals surface area contributed by atoms with E-state index in [1.807, 2.05) is 6.20 Å². The van der Waals surface area contributed by atoms with E-state index < -0.39 is 0 Å². The Bertz CT molecular complexity index is 728. The van der Waals surface area contributed by atoms with Crippen molar-refractivity contribution in [3.63, 3.8) is 0 Å². The molecule has 0 amide bonds. The van der Waals surface area contributed by atoms with Crippen molar-refractivity contribution in [2.75, 3.05) is 23.3 Å². The molecule has 4 nitrogen and oxygen atoms in total. The van der Waals surface area contributed by atoms with Crippen LogP contribution in [0.25, 0.3) is 0 Å². The van der Waals surface area contributed by atoms with E-state index in [1.165, 1.54) is 12.8 Å². The molecule has 2 heterocycles. The van der Waals surface area contributed by atoms with Gasteiger partial charge >= 0.3 is 0 Å². The molecule has 1 aromatic heterocycles. The van der Waals surface area contributed by atoms with Gasteiger partial charge in [0, 0.05) is 25.8 Å². The van der Waals surface area contributed by atoms with Crippen LogP contribution in [0.5, 0.6) is 0 Å². The maximum atomic E-state index is 9.17. The van der Waals surface area contributed by atoms with Crippen LogP contribution in [0.4, 0.5) is 11.5 Å². The Morgan fingerprint density at radius 1 is 1.29 bits per heavy atom. The maximum absolute atomic E-state index is 9.17. The molecule has 24 heavy (non-hydrogen) atoms. The molecule has 2 aromatic rings. The molecule has 1 aliphatic rings. The van der Waals surface area contributed by atoms with Gasteiger partial charge in [-0.15, -0.1) is 0 Å². The summed E-state index contributed by atoms with van der Waals surface area (Å²) >= 11 is 6.18. The number of nitrogens with one attached hydrogen (secondary N) is 1. The first-order valence-corrected chi connectivity index (χ1v) is 8.67. The molecule has 1 aromatic carbocycles. The van der Waals surface area contributed by atoms with Crippen molar-refractivity contribution in [1.29, 1.82) is 5.26 Å². The van der Waals surface area contributed by atoms with Crippen LogP contribution in [0.2, 0.25) is 5.02 Å². The summed E-state index contributed by atoms with van der Waals surface area (Å²) in [6, 6.07) is 11.6. The number of halogens is 1. The monoisotopic (exact) mass is 340 g/mol. The highest BCUT2D eigenvalue weighted by molar-refractivity contribution is 6.33. The molecule has 5 heteroatoms. The average Bonchev–Trinajstić information content (AvgIpc) is 2.61. The fourth-order valence-electron chi connectivity index (χ4n) is 2.93. The molecule has 0 saturated carbocycles. The van der Waals surface area contributed by atoms with Gasteiger partial charge in [-0.3, -0.25) is 0 Å². The number of rotatable bonds is 4. The predicted molar refractivity (Wildman–Crippen MR) is 98.3 cm³/mol. The fraction of sp³-hybridized carbons (Fsp3) is 0.368. The highest BCUT2D eigenvalue weighted by atomic mass is 35.5. The summed E-state index contributed by atoms with van der Waals surface area (Å²) in [5.41, 5.74) is 2.29. The van der Waals surface area contributed by atoms with E-state index in [9.17, 15) is 5.26 Å². The van der Waals surface area contributed by atoms with E-state index in [1.54, 1.807) is 18.2 Å². The van der Waals surface area contributed by atoms with Gasteiger partial charge in [-0.2, -0.15) is 5.26 Å². The van der Waals surface area contributed by atoms with Crippen molar-refractivity contribution in [3.8, 4) is 6.07 Å². The second-order valence-corrected chi connectivity index (χ2v) is 6.73. The van der Waals surface area contributed by atoms with Gasteiger partial charge in [0.2, 0.25) is 0 Å². The van der Waals surface area contributed by atoms with Crippen LogP contribution in [0.1, 0.15) is 30.9 Å². The Balaban J connectivity index is 1.64. The SMILES string of the molecule is CC1CCN(c2ccc(CNc3c(Cl)cccc3C#N)cn2)CC1. The average molecular weight is 341 g/mol. The summed E-state index contributed by atoms with van der Waals surface area (Å²) in [4.78, 5) is 6.94. The molecule has 0 bridgehead atoms. The zero-order valence-electron chi connectivity index (χ0n) is 13.8. The minimum Gasteiger partial charge on any atom is -0.379 e. The van der Waals surface area contributed by atoms with Gasteiger partial charge in [0.15, 0.2) is 0 Å². The van der Waals surface area contributed by atoms with Crippen molar-refractivity contribution in [2.24, 2.45) is 5.92 Å². The Labute approximate surface area is 148 Å². The molecule has 3 rings (SSSR count). The summed E-state index contributed by atoms with van der Waals surface area (Å²) in [6.07, 6.45) is 4.35. The molecule has 0 unspecified atom stereocenters. The minimum atomic E-state index is 0.550. The van der Waals surface area contributed by atoms with Gasteiger partial charge in [0.25, 0.3) is 0 Å². The summed E-state index contributed by atoms with van der Waals surface area (Å²) in [5.74, 6) is 1.86. The van der Waals surface area contributed by atoms with Crippen LogP contribution in [-0.2, 0) is 6.54 Å². The van der Waals surface area contributed by atoms with Crippen LogP contribution >= 0.6 is 11.6 Å². The number of anilines is 2. The Morgan fingerprint density at radius 3 is 2.75 bits per heavy atom. The molecule has 1 N–H and O–H groups in total. The summed E-state index contributed by atoms with van der Waals surface area (Å²) in [7, 11) is 0. The van der Waals surface area contributed by atoms with Gasteiger partial charge in [-0.25, -0.2) is 4.98 Å². The van der Waals surface area contributed by atoms with Crippen LogP contribution in [0.15, 0.2) is 36.5 Å². The predicted octanol–water partition coefficient (Wildman–Crippen LogP) is 4.46. The lowest BCUT2D eigenvalue weighted by atomic mass is 9.99. The number of aromatic nitrogens is 1. The second kappa shape index (κ2) is 7.55. The van der Waals surface area contributed by atoms with E-state index in [-0.39, 0.29) is 0 Å². The largest absolute Gasteiger partial charge is 0.379 e. The van der Waals surface area contributed by atoms with Crippen molar-refractivity contribution in [3.05, 3.63) is 52.7 Å². The summed E-state index contributed by atoms with van der Waals surface area (Å²) < 4.78 is 0. The third-order valence-corrected chi connectivity index (χ3v) is 4.84. The first-order chi connectivity index (χ1) is 11.7. The van der Waals surface area contributed by atoms with E-state index >= 15 is 0 Å². The number of nitrogens with zero attached hydrogens (tertiary/aromatic N) is 3. The third-order valence-electron chi connectivity index (χ3n) is 4.52. The van der Waals surface area contributed by atoms with Crippen LogP contribution in [0, 0.1) is 17.2 Å². The van der Waals surface area contributed by atoms with Crippen LogP contribution in [0.3, 0.4) is 0 Å². The molecule has 1 fully saturated rings. The lowest BCUT2D eigenvalue weighted by Crippen LogP contribution is -2.33. The van der Waals surface area contributed by atoms with Gasteiger partial charge in [0.05, 0.1) is 16.3 Å². The van der Waals surface area contributed by atoms with Gasteiger partial charge in [-0.05, 0) is 42.5 Å². The van der Waals surface area contributed by atoms with E-state index in [0.717, 1.165) is 30.4 Å². The molecule has 1 saturated heterocycles. The number of nitriles is 1. The molecule has 0 aliphatic carbocycles. The molecule has 124 valence electrons. The first kappa shape index (κ1) is 16.6. The van der Waals surface area contributed by atoms with Crippen molar-refractivity contribution >= 4 is 23.1 Å². The zero-order valence-corrected chi connectivity index (χ0v) is 14.6. The summed E-state index contributed by atoms with van der Waals surface area (Å²) in [5, 5.41) is 13.0. The Hall–Kier alpha value is -2.25. The zero-order chi connectivity index (χ0) is 16.9. The molecular weight excluding hydrogens is 320 g/mol. The molecule has 0 radical (unpaired) electrons. The topological polar surface area (TPSA) is 52.0 Å². The normalized spacial score (nSPS) is 15.1. The second-order valence-electron chi connectivity index (χ2n) is 6.32. The fourth-order valence-corrected chi connectivity index (χ4v) is 3.17. The highest BCUT2D eigenvalue weighted by Crippen LogP contribution is 2.26.